The van der Waals surface area contributed by atoms with Gasteiger partial charge >= 0.3 is 5.97 Å². The Kier molecular flexibility index (Phi) is 5.23. The molecule has 6 nitrogen and oxygen atoms in total. The Labute approximate surface area is 149 Å². The molecular weight excluding hydrogens is 342 g/mol. The molecule has 3 rings (SSSR count). The van der Waals surface area contributed by atoms with Gasteiger partial charge < -0.3 is 14.1 Å². The molecule has 2 aromatic rings. The number of ketones is 1. The molecule has 0 saturated carbocycles. The Hall–Kier alpha value is -2.54. The van der Waals surface area contributed by atoms with Crippen LogP contribution >= 0.6 is 11.8 Å². The lowest BCUT2D eigenvalue weighted by Gasteiger charge is -2.25. The van der Waals surface area contributed by atoms with Gasteiger partial charge in [0.1, 0.15) is 17.2 Å². The summed E-state index contributed by atoms with van der Waals surface area (Å²) in [6.07, 6.45) is 1.53. The highest BCUT2D eigenvalue weighted by molar-refractivity contribution is 7.99. The molecule has 1 fully saturated rings. The van der Waals surface area contributed by atoms with Gasteiger partial charge in [-0.3, -0.25) is 9.59 Å². The average molecular weight is 359 g/mol. The first kappa shape index (κ1) is 17.3. The van der Waals surface area contributed by atoms with Crippen LogP contribution in [-0.2, 0) is 14.3 Å². The predicted molar refractivity (Wildman–Crippen MR) is 91.9 cm³/mol. The fraction of sp³-hybridized carbons (Fsp3) is 0.278. The molecule has 1 aromatic heterocycles. The number of ether oxygens (including phenoxy) is 1. The Balaban J connectivity index is 1.65. The second-order valence-corrected chi connectivity index (χ2v) is 6.65. The molecule has 0 aliphatic carbocycles. The van der Waals surface area contributed by atoms with Crippen molar-refractivity contribution in [1.29, 1.82) is 0 Å². The molecule has 1 aliphatic rings. The van der Waals surface area contributed by atoms with Crippen LogP contribution in [0.5, 0.6) is 0 Å². The summed E-state index contributed by atoms with van der Waals surface area (Å²) >= 11 is 1.43. The molecule has 0 spiro atoms. The van der Waals surface area contributed by atoms with Gasteiger partial charge in [-0.05, 0) is 12.1 Å². The lowest BCUT2D eigenvalue weighted by molar-refractivity contribution is -0.152. The van der Waals surface area contributed by atoms with Gasteiger partial charge in [0, 0.05) is 18.2 Å². The van der Waals surface area contributed by atoms with Crippen molar-refractivity contribution in [1.82, 2.24) is 4.90 Å². The molecule has 0 bridgehead atoms. The highest BCUT2D eigenvalue weighted by Crippen LogP contribution is 2.41. The Bertz CT molecular complexity index is 759. The van der Waals surface area contributed by atoms with E-state index in [1.807, 2.05) is 0 Å². The number of hydrogen-bond acceptors (Lipinski definition) is 6. The fourth-order valence-electron chi connectivity index (χ4n) is 2.66. The third kappa shape index (κ3) is 3.76. The van der Waals surface area contributed by atoms with Gasteiger partial charge in [-0.15, -0.1) is 11.8 Å². The number of nitrogens with zero attached hydrogens (tertiary/aromatic N) is 1. The van der Waals surface area contributed by atoms with Gasteiger partial charge in [-0.2, -0.15) is 0 Å². The van der Waals surface area contributed by atoms with Crippen LogP contribution in [0, 0.1) is 0 Å². The summed E-state index contributed by atoms with van der Waals surface area (Å²) in [6, 6.07) is 11.4. The van der Waals surface area contributed by atoms with Gasteiger partial charge in [0.05, 0.1) is 6.26 Å². The predicted octanol–water partition coefficient (Wildman–Crippen LogP) is 2.67. The molecule has 25 heavy (non-hydrogen) atoms. The monoisotopic (exact) mass is 359 g/mol. The maximum atomic E-state index is 12.4. The summed E-state index contributed by atoms with van der Waals surface area (Å²) in [5, 5.41) is -0.366. The molecular formula is C18H17NO5S. The molecule has 7 heteroatoms. The number of Topliss-reactive ketones (excluding diaryl/α,β-unsaturated/α-hetero) is 1. The van der Waals surface area contributed by atoms with E-state index in [4.69, 9.17) is 9.15 Å². The minimum absolute atomic E-state index is 0.247. The quantitative estimate of drug-likeness (QED) is 0.603. The van der Waals surface area contributed by atoms with Crippen molar-refractivity contribution in [3.63, 3.8) is 0 Å². The van der Waals surface area contributed by atoms with Crippen molar-refractivity contribution >= 4 is 29.4 Å². The Morgan fingerprint density at radius 2 is 1.96 bits per heavy atom. The SMILES string of the molecule is CC(=O)N1[C@H](C(=O)OCC(=O)c2ccccc2)CS[C@H]1c1ccco1. The summed E-state index contributed by atoms with van der Waals surface area (Å²) in [6.45, 7) is 1.05. The smallest absolute Gasteiger partial charge is 0.330 e. The topological polar surface area (TPSA) is 76.8 Å². The second-order valence-electron chi connectivity index (χ2n) is 5.54. The van der Waals surface area contributed by atoms with Crippen molar-refractivity contribution in [3.8, 4) is 0 Å². The first-order chi connectivity index (χ1) is 12.1. The Morgan fingerprint density at radius 3 is 2.60 bits per heavy atom. The third-order valence-electron chi connectivity index (χ3n) is 3.86. The van der Waals surface area contributed by atoms with Crippen LogP contribution in [0.3, 0.4) is 0 Å². The zero-order chi connectivity index (χ0) is 17.8. The summed E-state index contributed by atoms with van der Waals surface area (Å²) in [7, 11) is 0. The average Bonchev–Trinajstić information content (AvgIpc) is 3.28. The van der Waals surface area contributed by atoms with E-state index in [0.717, 1.165) is 0 Å². The largest absolute Gasteiger partial charge is 0.466 e. The molecule has 0 unspecified atom stereocenters. The van der Waals surface area contributed by atoms with Gasteiger partial charge in [-0.25, -0.2) is 4.79 Å². The number of rotatable bonds is 5. The summed E-state index contributed by atoms with van der Waals surface area (Å²) < 4.78 is 10.5. The van der Waals surface area contributed by atoms with Crippen LogP contribution < -0.4 is 0 Å². The van der Waals surface area contributed by atoms with Crippen LogP contribution in [0.2, 0.25) is 0 Å². The van der Waals surface area contributed by atoms with E-state index in [1.54, 1.807) is 42.5 Å². The standard InChI is InChI=1S/C18H17NO5S/c1-12(20)19-14(11-25-17(19)16-8-5-9-23-16)18(22)24-10-15(21)13-6-3-2-4-7-13/h2-9,14,17H,10-11H2,1H3/t14-,17-/m0/s1. The summed E-state index contributed by atoms with van der Waals surface area (Å²) in [5.74, 6) is -0.111. The van der Waals surface area contributed by atoms with Crippen LogP contribution in [0.4, 0.5) is 0 Å². The number of carbonyl (C=O) groups excluding carboxylic acids is 3. The summed E-state index contributed by atoms with van der Waals surface area (Å²) in [5.41, 5.74) is 0.480. The number of furan rings is 1. The maximum absolute atomic E-state index is 12.4. The zero-order valence-electron chi connectivity index (χ0n) is 13.6. The fourth-order valence-corrected chi connectivity index (χ4v) is 4.08. The molecule has 1 aliphatic heterocycles. The first-order valence-electron chi connectivity index (χ1n) is 7.76. The van der Waals surface area contributed by atoms with E-state index in [-0.39, 0.29) is 23.7 Å². The maximum Gasteiger partial charge on any atom is 0.330 e. The lowest BCUT2D eigenvalue weighted by atomic mass is 10.1. The minimum atomic E-state index is -0.735. The number of esters is 1. The van der Waals surface area contributed by atoms with Crippen LogP contribution in [0.25, 0.3) is 0 Å². The minimum Gasteiger partial charge on any atom is -0.466 e. The van der Waals surface area contributed by atoms with Crippen LogP contribution in [0.1, 0.15) is 28.4 Å². The number of carbonyl (C=O) groups is 3. The van der Waals surface area contributed by atoms with Crippen molar-refractivity contribution in [2.24, 2.45) is 0 Å². The first-order valence-corrected chi connectivity index (χ1v) is 8.81. The van der Waals surface area contributed by atoms with E-state index < -0.39 is 12.0 Å². The molecule has 0 radical (unpaired) electrons. The van der Waals surface area contributed by atoms with Gasteiger partial charge in [0.15, 0.2) is 12.4 Å². The zero-order valence-corrected chi connectivity index (χ0v) is 14.4. The van der Waals surface area contributed by atoms with Crippen LogP contribution in [-0.4, -0.2) is 41.0 Å². The van der Waals surface area contributed by atoms with Gasteiger partial charge in [0.25, 0.3) is 0 Å². The van der Waals surface area contributed by atoms with E-state index in [9.17, 15) is 14.4 Å². The van der Waals surface area contributed by atoms with E-state index in [0.29, 0.717) is 17.1 Å². The van der Waals surface area contributed by atoms with Crippen LogP contribution in [0.15, 0.2) is 53.1 Å². The Morgan fingerprint density at radius 1 is 1.20 bits per heavy atom. The lowest BCUT2D eigenvalue weighted by Crippen LogP contribution is -2.43. The van der Waals surface area contributed by atoms with Gasteiger partial charge in [-0.1, -0.05) is 30.3 Å². The number of amides is 1. The molecule has 1 aromatic carbocycles. The van der Waals surface area contributed by atoms with E-state index >= 15 is 0 Å². The normalized spacial score (nSPS) is 19.6. The highest BCUT2D eigenvalue weighted by atomic mass is 32.2. The third-order valence-corrected chi connectivity index (χ3v) is 5.15. The number of thioether (sulfide) groups is 1. The van der Waals surface area contributed by atoms with E-state index in [2.05, 4.69) is 0 Å². The highest BCUT2D eigenvalue weighted by Gasteiger charge is 2.43. The molecule has 2 atom stereocenters. The van der Waals surface area contributed by atoms with Crippen molar-refractivity contribution in [2.75, 3.05) is 12.4 Å². The molecule has 0 N–H and O–H groups in total. The molecule has 130 valence electrons. The number of hydrogen-bond donors (Lipinski definition) is 0. The molecule has 2 heterocycles. The van der Waals surface area contributed by atoms with Gasteiger partial charge in [0.2, 0.25) is 5.91 Å². The second kappa shape index (κ2) is 7.57. The van der Waals surface area contributed by atoms with Crippen molar-refractivity contribution in [3.05, 3.63) is 60.1 Å². The number of benzene rings is 1. The van der Waals surface area contributed by atoms with E-state index in [1.165, 1.54) is 29.8 Å². The molecule has 1 amide bonds. The van der Waals surface area contributed by atoms with Crippen molar-refractivity contribution in [2.45, 2.75) is 18.3 Å². The van der Waals surface area contributed by atoms with Crippen molar-refractivity contribution < 1.29 is 23.5 Å². The molecule has 1 saturated heterocycles. The summed E-state index contributed by atoms with van der Waals surface area (Å²) in [4.78, 5) is 37.9.